The number of hydrogen-bond donors (Lipinski definition) is 2. The highest BCUT2D eigenvalue weighted by Gasteiger charge is 2.45. The molecule has 0 radical (unpaired) electrons. The SMILES string of the molecule is NC(C(=O)Nc1ccc(Cl)cn1)[C@H]1C[C@H]2C[C@@H](c3ccnc4ccc(F)cc34)C[C@H]2C1. The Balaban J connectivity index is 1.24. The van der Waals surface area contributed by atoms with Gasteiger partial charge in [0.2, 0.25) is 5.91 Å². The summed E-state index contributed by atoms with van der Waals surface area (Å²) in [5, 5.41) is 4.23. The highest BCUT2D eigenvalue weighted by Crippen LogP contribution is 2.53. The Morgan fingerprint density at radius 3 is 2.58 bits per heavy atom. The molecule has 7 heteroatoms. The third-order valence-corrected chi connectivity index (χ3v) is 7.24. The van der Waals surface area contributed by atoms with Crippen LogP contribution in [0.25, 0.3) is 10.9 Å². The number of benzene rings is 1. The zero-order chi connectivity index (χ0) is 21.5. The predicted octanol–water partition coefficient (Wildman–Crippen LogP) is 4.91. The van der Waals surface area contributed by atoms with Gasteiger partial charge in [0.05, 0.1) is 16.6 Å². The van der Waals surface area contributed by atoms with E-state index >= 15 is 0 Å². The molecular formula is C24H24ClFN4O. The number of rotatable bonds is 4. The molecule has 31 heavy (non-hydrogen) atoms. The summed E-state index contributed by atoms with van der Waals surface area (Å²) >= 11 is 5.84. The number of nitrogens with zero attached hydrogens (tertiary/aromatic N) is 2. The van der Waals surface area contributed by atoms with E-state index in [1.54, 1.807) is 24.3 Å². The maximum absolute atomic E-state index is 13.8. The van der Waals surface area contributed by atoms with Crippen molar-refractivity contribution in [3.05, 3.63) is 65.2 Å². The van der Waals surface area contributed by atoms with E-state index in [-0.39, 0.29) is 17.6 Å². The number of pyridine rings is 2. The average molecular weight is 439 g/mol. The summed E-state index contributed by atoms with van der Waals surface area (Å²) < 4.78 is 13.8. The Bertz CT molecular complexity index is 1110. The highest BCUT2D eigenvalue weighted by molar-refractivity contribution is 6.30. The lowest BCUT2D eigenvalue weighted by molar-refractivity contribution is -0.118. The summed E-state index contributed by atoms with van der Waals surface area (Å²) in [4.78, 5) is 21.1. The maximum atomic E-state index is 13.8. The third kappa shape index (κ3) is 4.02. The molecule has 1 unspecified atom stereocenters. The number of hydrogen-bond acceptors (Lipinski definition) is 4. The van der Waals surface area contributed by atoms with E-state index in [1.807, 2.05) is 12.3 Å². The van der Waals surface area contributed by atoms with Crippen molar-refractivity contribution in [1.82, 2.24) is 9.97 Å². The van der Waals surface area contributed by atoms with Crippen LogP contribution in [0.3, 0.4) is 0 Å². The van der Waals surface area contributed by atoms with Crippen molar-refractivity contribution in [3.8, 4) is 0 Å². The molecule has 2 heterocycles. The molecule has 2 saturated carbocycles. The molecule has 3 aromatic rings. The molecule has 2 aromatic heterocycles. The van der Waals surface area contributed by atoms with Crippen LogP contribution in [-0.4, -0.2) is 21.9 Å². The van der Waals surface area contributed by atoms with Gasteiger partial charge in [-0.3, -0.25) is 9.78 Å². The van der Waals surface area contributed by atoms with Crippen LogP contribution in [0.2, 0.25) is 5.02 Å². The number of amides is 1. The van der Waals surface area contributed by atoms with E-state index in [2.05, 4.69) is 15.3 Å². The fourth-order valence-electron chi connectivity index (χ4n) is 5.58. The van der Waals surface area contributed by atoms with Gasteiger partial charge in [-0.1, -0.05) is 11.6 Å². The van der Waals surface area contributed by atoms with Gasteiger partial charge in [-0.25, -0.2) is 9.37 Å². The van der Waals surface area contributed by atoms with E-state index in [4.69, 9.17) is 17.3 Å². The molecule has 2 aliphatic rings. The van der Waals surface area contributed by atoms with Crippen LogP contribution >= 0.6 is 11.6 Å². The molecular weight excluding hydrogens is 415 g/mol. The van der Waals surface area contributed by atoms with Crippen LogP contribution < -0.4 is 11.1 Å². The first-order chi connectivity index (χ1) is 15.0. The number of nitrogens with two attached hydrogens (primary N) is 1. The normalized spacial score (nSPS) is 26.0. The van der Waals surface area contributed by atoms with Crippen LogP contribution in [-0.2, 0) is 4.79 Å². The first-order valence-corrected chi connectivity index (χ1v) is 11.1. The quantitative estimate of drug-likeness (QED) is 0.606. The van der Waals surface area contributed by atoms with Crippen molar-refractivity contribution in [1.29, 1.82) is 0 Å². The van der Waals surface area contributed by atoms with E-state index in [9.17, 15) is 9.18 Å². The zero-order valence-electron chi connectivity index (χ0n) is 17.0. The molecule has 0 saturated heterocycles. The number of anilines is 1. The standard InChI is InChI=1S/C24H24ClFN4O/c25-17-1-4-22(29-12-17)30-24(31)23(27)16-9-13-7-15(8-14(13)10-16)19-5-6-28-21-3-2-18(26)11-20(19)21/h1-6,11-16,23H,7-10,27H2,(H,29,30,31)/t13-,14+,15-,16+,23?. The number of halogens is 2. The van der Waals surface area contributed by atoms with Gasteiger partial charge in [-0.2, -0.15) is 0 Å². The van der Waals surface area contributed by atoms with Crippen molar-refractivity contribution >= 4 is 34.2 Å². The van der Waals surface area contributed by atoms with Crippen LogP contribution in [0.4, 0.5) is 10.2 Å². The molecule has 0 aliphatic heterocycles. The first-order valence-electron chi connectivity index (χ1n) is 10.7. The minimum Gasteiger partial charge on any atom is -0.320 e. The van der Waals surface area contributed by atoms with E-state index < -0.39 is 6.04 Å². The molecule has 5 atom stereocenters. The molecule has 1 amide bonds. The van der Waals surface area contributed by atoms with Gasteiger partial charge in [0, 0.05) is 17.8 Å². The van der Waals surface area contributed by atoms with Gasteiger partial charge in [0.1, 0.15) is 11.6 Å². The second kappa shape index (κ2) is 8.17. The fraction of sp³-hybridized carbons (Fsp3) is 0.375. The topological polar surface area (TPSA) is 80.9 Å². The Hall–Kier alpha value is -2.57. The fourth-order valence-corrected chi connectivity index (χ4v) is 5.69. The summed E-state index contributed by atoms with van der Waals surface area (Å²) in [6, 6.07) is 9.62. The van der Waals surface area contributed by atoms with E-state index in [0.29, 0.717) is 28.6 Å². The van der Waals surface area contributed by atoms with E-state index in [1.165, 1.54) is 17.8 Å². The minimum absolute atomic E-state index is 0.162. The molecule has 2 aliphatic carbocycles. The van der Waals surface area contributed by atoms with Gasteiger partial charge in [0.25, 0.3) is 0 Å². The Morgan fingerprint density at radius 2 is 1.87 bits per heavy atom. The van der Waals surface area contributed by atoms with Crippen molar-refractivity contribution in [2.24, 2.45) is 23.5 Å². The molecule has 0 bridgehead atoms. The predicted molar refractivity (Wildman–Crippen MR) is 119 cm³/mol. The number of fused-ring (bicyclic) bond motifs is 2. The minimum atomic E-state index is -0.558. The van der Waals surface area contributed by atoms with Crippen LogP contribution in [0.5, 0.6) is 0 Å². The molecule has 160 valence electrons. The number of aromatic nitrogens is 2. The van der Waals surface area contributed by atoms with Gasteiger partial charge < -0.3 is 11.1 Å². The van der Waals surface area contributed by atoms with Gasteiger partial charge in [-0.05, 0) is 91.3 Å². The second-order valence-corrected chi connectivity index (χ2v) is 9.29. The summed E-state index contributed by atoms with van der Waals surface area (Å²) in [7, 11) is 0. The first kappa shape index (κ1) is 20.3. The van der Waals surface area contributed by atoms with Crippen LogP contribution in [0.1, 0.15) is 37.2 Å². The van der Waals surface area contributed by atoms with Crippen molar-refractivity contribution in [3.63, 3.8) is 0 Å². The molecule has 2 fully saturated rings. The van der Waals surface area contributed by atoms with Gasteiger partial charge in [-0.15, -0.1) is 0 Å². The van der Waals surface area contributed by atoms with Crippen molar-refractivity contribution in [2.45, 2.75) is 37.6 Å². The average Bonchev–Trinajstić information content (AvgIpc) is 3.33. The zero-order valence-corrected chi connectivity index (χ0v) is 17.7. The largest absolute Gasteiger partial charge is 0.320 e. The van der Waals surface area contributed by atoms with Gasteiger partial charge in [0.15, 0.2) is 0 Å². The van der Waals surface area contributed by atoms with Gasteiger partial charge >= 0.3 is 0 Å². The smallest absolute Gasteiger partial charge is 0.242 e. The van der Waals surface area contributed by atoms with Crippen molar-refractivity contribution in [2.75, 3.05) is 5.32 Å². The molecule has 1 aromatic carbocycles. The van der Waals surface area contributed by atoms with Crippen LogP contribution in [0, 0.1) is 23.6 Å². The molecule has 5 nitrogen and oxygen atoms in total. The Labute approximate surface area is 185 Å². The Morgan fingerprint density at radius 1 is 1.10 bits per heavy atom. The van der Waals surface area contributed by atoms with Crippen molar-refractivity contribution < 1.29 is 9.18 Å². The third-order valence-electron chi connectivity index (χ3n) is 7.02. The number of carbonyl (C=O) groups is 1. The second-order valence-electron chi connectivity index (χ2n) is 8.86. The molecule has 5 rings (SSSR count). The lowest BCUT2D eigenvalue weighted by Gasteiger charge is -2.21. The summed E-state index contributed by atoms with van der Waals surface area (Å²) in [5.74, 6) is 1.67. The molecule has 3 N–H and O–H groups in total. The van der Waals surface area contributed by atoms with Crippen LogP contribution in [0.15, 0.2) is 48.8 Å². The maximum Gasteiger partial charge on any atom is 0.242 e. The number of carbonyl (C=O) groups excluding carboxylic acids is 1. The summed E-state index contributed by atoms with van der Waals surface area (Å²) in [6.07, 6.45) is 7.30. The van der Waals surface area contributed by atoms with E-state index in [0.717, 1.165) is 36.6 Å². The molecule has 0 spiro atoms. The summed E-state index contributed by atoms with van der Waals surface area (Å²) in [6.45, 7) is 0. The summed E-state index contributed by atoms with van der Waals surface area (Å²) in [5.41, 5.74) is 8.35. The monoisotopic (exact) mass is 438 g/mol. The lowest BCUT2D eigenvalue weighted by atomic mass is 9.88. The lowest BCUT2D eigenvalue weighted by Crippen LogP contribution is -2.41. The number of nitrogens with one attached hydrogen (secondary N) is 1. The highest BCUT2D eigenvalue weighted by atomic mass is 35.5. The Kier molecular flexibility index (Phi) is 5.36.